The van der Waals surface area contributed by atoms with Crippen LogP contribution < -0.4 is 11.3 Å². The Hall–Kier alpha value is -1.30. The minimum Gasteiger partial charge on any atom is -0.271 e. The van der Waals surface area contributed by atoms with Crippen LogP contribution in [0.3, 0.4) is 0 Å². The summed E-state index contributed by atoms with van der Waals surface area (Å²) < 4.78 is 14.0. The Morgan fingerprint density at radius 3 is 2.78 bits per heavy atom. The number of nitrogens with zero attached hydrogens (tertiary/aromatic N) is 1. The van der Waals surface area contributed by atoms with Gasteiger partial charge in [0.05, 0.1) is 6.04 Å². The lowest BCUT2D eigenvalue weighted by atomic mass is 10.0. The monoisotopic (exact) mass is 309 g/mol. The summed E-state index contributed by atoms with van der Waals surface area (Å²) in [4.78, 5) is 4.24. The Labute approximate surface area is 113 Å². The van der Waals surface area contributed by atoms with Crippen LogP contribution in [0.2, 0.25) is 0 Å². The molecule has 18 heavy (non-hydrogen) atoms. The van der Waals surface area contributed by atoms with Crippen molar-refractivity contribution >= 4 is 15.9 Å². The predicted octanol–water partition coefficient (Wildman–Crippen LogP) is 2.73. The van der Waals surface area contributed by atoms with Crippen LogP contribution in [0.1, 0.15) is 17.3 Å². The van der Waals surface area contributed by atoms with Crippen LogP contribution in [0, 0.1) is 5.82 Å². The lowest BCUT2D eigenvalue weighted by molar-refractivity contribution is 0.538. The fourth-order valence-corrected chi connectivity index (χ4v) is 2.26. The van der Waals surface area contributed by atoms with Crippen molar-refractivity contribution in [2.75, 3.05) is 0 Å². The lowest BCUT2D eigenvalue weighted by Gasteiger charge is -2.16. The smallest absolute Gasteiger partial charge is 0.124 e. The summed E-state index contributed by atoms with van der Waals surface area (Å²) in [5.74, 6) is 5.25. The summed E-state index contributed by atoms with van der Waals surface area (Å²) in [6, 6.07) is 10.2. The molecule has 0 aliphatic heterocycles. The first kappa shape index (κ1) is 13.1. The van der Waals surface area contributed by atoms with Crippen molar-refractivity contribution in [3.63, 3.8) is 0 Å². The molecule has 1 heterocycles. The van der Waals surface area contributed by atoms with E-state index in [1.807, 2.05) is 24.3 Å². The highest BCUT2D eigenvalue weighted by molar-refractivity contribution is 9.10. The van der Waals surface area contributed by atoms with Gasteiger partial charge in [-0.2, -0.15) is 0 Å². The van der Waals surface area contributed by atoms with Crippen molar-refractivity contribution in [2.45, 2.75) is 12.5 Å². The summed E-state index contributed by atoms with van der Waals surface area (Å²) >= 11 is 3.27. The minimum atomic E-state index is -0.291. The number of pyridine rings is 1. The van der Waals surface area contributed by atoms with Gasteiger partial charge in [0, 0.05) is 22.8 Å². The summed E-state index contributed by atoms with van der Waals surface area (Å²) in [6.07, 6.45) is 2.33. The molecule has 2 rings (SSSR count). The summed E-state index contributed by atoms with van der Waals surface area (Å²) in [7, 11) is 0. The molecule has 0 radical (unpaired) electrons. The van der Waals surface area contributed by atoms with Gasteiger partial charge in [-0.05, 0) is 35.9 Å². The molecule has 0 fully saturated rings. The molecule has 3 N–H and O–H groups in total. The molecule has 94 valence electrons. The average molecular weight is 310 g/mol. The number of hydrogen-bond donors (Lipinski definition) is 2. The van der Waals surface area contributed by atoms with Gasteiger partial charge in [-0.25, -0.2) is 4.39 Å². The van der Waals surface area contributed by atoms with E-state index < -0.39 is 0 Å². The van der Waals surface area contributed by atoms with Gasteiger partial charge in [0.25, 0.3) is 0 Å². The van der Waals surface area contributed by atoms with E-state index in [1.54, 1.807) is 6.20 Å². The minimum absolute atomic E-state index is 0.174. The molecular weight excluding hydrogens is 297 g/mol. The number of nitrogens with one attached hydrogen (secondary N) is 1. The maximum Gasteiger partial charge on any atom is 0.124 e. The molecule has 0 amide bonds. The number of rotatable bonds is 4. The highest BCUT2D eigenvalue weighted by Gasteiger charge is 2.13. The van der Waals surface area contributed by atoms with Gasteiger partial charge in [0.15, 0.2) is 0 Å². The maximum atomic E-state index is 13.3. The van der Waals surface area contributed by atoms with Crippen molar-refractivity contribution in [3.05, 3.63) is 64.1 Å². The zero-order chi connectivity index (χ0) is 13.0. The summed E-state index contributed by atoms with van der Waals surface area (Å²) in [6.45, 7) is 0. The van der Waals surface area contributed by atoms with Crippen LogP contribution in [0.5, 0.6) is 0 Å². The molecule has 0 aliphatic carbocycles. The van der Waals surface area contributed by atoms with Crippen molar-refractivity contribution in [1.29, 1.82) is 0 Å². The molecule has 0 saturated carbocycles. The average Bonchev–Trinajstić information content (AvgIpc) is 2.36. The molecule has 0 spiro atoms. The topological polar surface area (TPSA) is 50.9 Å². The number of benzene rings is 1. The van der Waals surface area contributed by atoms with E-state index in [0.717, 1.165) is 11.3 Å². The van der Waals surface area contributed by atoms with Crippen LogP contribution in [-0.2, 0) is 6.42 Å². The first-order chi connectivity index (χ1) is 8.69. The highest BCUT2D eigenvalue weighted by Crippen LogP contribution is 2.22. The Balaban J connectivity index is 2.23. The number of nitrogens with two attached hydrogens (primary N) is 1. The first-order valence-corrected chi connectivity index (χ1v) is 6.30. The van der Waals surface area contributed by atoms with Crippen LogP contribution >= 0.6 is 15.9 Å². The quantitative estimate of drug-likeness (QED) is 0.674. The molecule has 1 unspecified atom stereocenters. The molecule has 1 atom stereocenters. The molecule has 1 aromatic carbocycles. The molecular formula is C13H13BrFN3. The van der Waals surface area contributed by atoms with Crippen LogP contribution in [0.4, 0.5) is 4.39 Å². The van der Waals surface area contributed by atoms with Gasteiger partial charge >= 0.3 is 0 Å². The van der Waals surface area contributed by atoms with E-state index in [9.17, 15) is 4.39 Å². The van der Waals surface area contributed by atoms with Gasteiger partial charge in [0.2, 0.25) is 0 Å². The normalized spacial score (nSPS) is 12.4. The van der Waals surface area contributed by atoms with E-state index in [1.165, 1.54) is 12.1 Å². The standard InChI is InChI=1S/C13H13BrFN3/c14-10-5-9(6-11(15)7-10)13(18-16)8-12-3-1-2-4-17-12/h1-7,13,18H,8,16H2. The lowest BCUT2D eigenvalue weighted by Crippen LogP contribution is -2.29. The van der Waals surface area contributed by atoms with E-state index >= 15 is 0 Å². The van der Waals surface area contributed by atoms with Gasteiger partial charge in [-0.1, -0.05) is 22.0 Å². The summed E-state index contributed by atoms with van der Waals surface area (Å²) in [5, 5.41) is 0. The zero-order valence-corrected chi connectivity index (χ0v) is 11.2. The van der Waals surface area contributed by atoms with E-state index in [0.29, 0.717) is 10.9 Å². The Morgan fingerprint density at radius 1 is 1.33 bits per heavy atom. The second-order valence-electron chi connectivity index (χ2n) is 3.95. The van der Waals surface area contributed by atoms with Gasteiger partial charge < -0.3 is 0 Å². The Morgan fingerprint density at radius 2 is 2.17 bits per heavy atom. The van der Waals surface area contributed by atoms with E-state index in [4.69, 9.17) is 5.84 Å². The van der Waals surface area contributed by atoms with E-state index in [2.05, 4.69) is 26.3 Å². The van der Waals surface area contributed by atoms with E-state index in [-0.39, 0.29) is 11.9 Å². The SMILES string of the molecule is NNC(Cc1ccccn1)c1cc(F)cc(Br)c1. The third-order valence-electron chi connectivity index (χ3n) is 2.63. The highest BCUT2D eigenvalue weighted by atomic mass is 79.9. The summed E-state index contributed by atoms with van der Waals surface area (Å²) in [5.41, 5.74) is 4.38. The van der Waals surface area contributed by atoms with Crippen LogP contribution in [-0.4, -0.2) is 4.98 Å². The van der Waals surface area contributed by atoms with Crippen LogP contribution in [0.15, 0.2) is 47.1 Å². The van der Waals surface area contributed by atoms with Crippen molar-refractivity contribution in [2.24, 2.45) is 5.84 Å². The van der Waals surface area contributed by atoms with Crippen molar-refractivity contribution in [3.8, 4) is 0 Å². The fraction of sp³-hybridized carbons (Fsp3) is 0.154. The Bertz CT molecular complexity index is 499. The number of hydrazine groups is 1. The van der Waals surface area contributed by atoms with Gasteiger partial charge in [-0.3, -0.25) is 16.3 Å². The predicted molar refractivity (Wildman–Crippen MR) is 72.1 cm³/mol. The maximum absolute atomic E-state index is 13.3. The van der Waals surface area contributed by atoms with Gasteiger partial charge in [0.1, 0.15) is 5.82 Å². The second-order valence-corrected chi connectivity index (χ2v) is 4.86. The Kier molecular flexibility index (Phi) is 4.41. The van der Waals surface area contributed by atoms with Crippen molar-refractivity contribution in [1.82, 2.24) is 10.4 Å². The number of halogens is 2. The molecule has 0 aliphatic rings. The first-order valence-electron chi connectivity index (χ1n) is 5.51. The molecule has 1 aromatic heterocycles. The largest absolute Gasteiger partial charge is 0.271 e. The molecule has 0 bridgehead atoms. The fourth-order valence-electron chi connectivity index (χ4n) is 1.78. The molecule has 5 heteroatoms. The van der Waals surface area contributed by atoms with Crippen molar-refractivity contribution < 1.29 is 4.39 Å². The molecule has 2 aromatic rings. The third kappa shape index (κ3) is 3.35. The van der Waals surface area contributed by atoms with Crippen LogP contribution in [0.25, 0.3) is 0 Å². The third-order valence-corrected chi connectivity index (χ3v) is 3.09. The number of aromatic nitrogens is 1. The van der Waals surface area contributed by atoms with Gasteiger partial charge in [-0.15, -0.1) is 0 Å². The second kappa shape index (κ2) is 6.04. The zero-order valence-electron chi connectivity index (χ0n) is 9.61. The molecule has 0 saturated heterocycles. The number of hydrogen-bond acceptors (Lipinski definition) is 3. The molecule has 3 nitrogen and oxygen atoms in total.